The van der Waals surface area contributed by atoms with Gasteiger partial charge in [-0.25, -0.2) is 4.98 Å². The molecule has 3 aromatic heterocycles. The number of carbonyl (C=O) groups is 1. The Morgan fingerprint density at radius 3 is 2.93 bits per heavy atom. The van der Waals surface area contributed by atoms with E-state index in [2.05, 4.69) is 33.4 Å². The van der Waals surface area contributed by atoms with Crippen LogP contribution in [-0.4, -0.2) is 34.4 Å². The standard InChI is InChI=1S/C21H25N5OS/c1-13-6-5-7-14(24-13)12-26-11-4-3-8-17(26)16-10-9-15-18(22)19(20(27)23-2)28-21(15)25-16/h5-7,9-10,17H,3-4,8,11-12,22H2,1-2H3,(H,23,27). The molecule has 0 spiro atoms. The van der Waals surface area contributed by atoms with Crippen molar-refractivity contribution in [1.29, 1.82) is 0 Å². The van der Waals surface area contributed by atoms with Crippen LogP contribution >= 0.6 is 11.3 Å². The molecule has 1 fully saturated rings. The topological polar surface area (TPSA) is 84.1 Å². The molecule has 0 saturated carbocycles. The van der Waals surface area contributed by atoms with Crippen molar-refractivity contribution < 1.29 is 4.79 Å². The first kappa shape index (κ1) is 18.8. The molecule has 1 unspecified atom stereocenters. The number of fused-ring (bicyclic) bond motifs is 1. The number of hydrogen-bond donors (Lipinski definition) is 2. The van der Waals surface area contributed by atoms with Crippen molar-refractivity contribution in [2.75, 3.05) is 19.3 Å². The summed E-state index contributed by atoms with van der Waals surface area (Å²) in [5.74, 6) is -0.160. The third kappa shape index (κ3) is 3.59. The summed E-state index contributed by atoms with van der Waals surface area (Å²) in [4.78, 5) is 25.4. The van der Waals surface area contributed by atoms with Crippen molar-refractivity contribution in [2.45, 2.75) is 38.8 Å². The lowest BCUT2D eigenvalue weighted by atomic mass is 9.98. The fraction of sp³-hybridized carbons (Fsp3) is 0.381. The summed E-state index contributed by atoms with van der Waals surface area (Å²) in [6, 6.07) is 10.5. The van der Waals surface area contributed by atoms with Gasteiger partial charge in [0.25, 0.3) is 5.91 Å². The van der Waals surface area contributed by atoms with E-state index in [9.17, 15) is 4.79 Å². The number of rotatable bonds is 4. The number of anilines is 1. The minimum atomic E-state index is -0.160. The van der Waals surface area contributed by atoms with Gasteiger partial charge in [0.1, 0.15) is 9.71 Å². The third-order valence-electron chi connectivity index (χ3n) is 5.31. The normalized spacial score (nSPS) is 17.7. The van der Waals surface area contributed by atoms with Gasteiger partial charge in [-0.2, -0.15) is 0 Å². The summed E-state index contributed by atoms with van der Waals surface area (Å²) in [5, 5.41) is 3.50. The summed E-state index contributed by atoms with van der Waals surface area (Å²) in [6.45, 7) is 3.89. The number of pyridine rings is 2. The number of nitrogen functional groups attached to an aromatic ring is 1. The molecule has 28 heavy (non-hydrogen) atoms. The summed E-state index contributed by atoms with van der Waals surface area (Å²) < 4.78 is 0. The van der Waals surface area contributed by atoms with E-state index in [1.165, 1.54) is 24.2 Å². The molecule has 4 heterocycles. The van der Waals surface area contributed by atoms with E-state index in [0.29, 0.717) is 10.6 Å². The minimum Gasteiger partial charge on any atom is -0.397 e. The van der Waals surface area contributed by atoms with E-state index >= 15 is 0 Å². The summed E-state index contributed by atoms with van der Waals surface area (Å²) in [7, 11) is 1.62. The van der Waals surface area contributed by atoms with Crippen LogP contribution in [0.5, 0.6) is 0 Å². The number of likely N-dealkylation sites (tertiary alicyclic amines) is 1. The van der Waals surface area contributed by atoms with Gasteiger partial charge in [0.05, 0.1) is 23.1 Å². The highest BCUT2D eigenvalue weighted by atomic mass is 32.1. The van der Waals surface area contributed by atoms with E-state index in [0.717, 1.165) is 46.8 Å². The van der Waals surface area contributed by atoms with Gasteiger partial charge in [-0.15, -0.1) is 11.3 Å². The van der Waals surface area contributed by atoms with Gasteiger partial charge in [0, 0.05) is 24.7 Å². The number of nitrogens with zero attached hydrogens (tertiary/aromatic N) is 3. The molecule has 7 heteroatoms. The average Bonchev–Trinajstić information content (AvgIpc) is 3.04. The highest BCUT2D eigenvalue weighted by molar-refractivity contribution is 7.21. The Hall–Kier alpha value is -2.51. The van der Waals surface area contributed by atoms with Gasteiger partial charge >= 0.3 is 0 Å². The molecule has 1 atom stereocenters. The van der Waals surface area contributed by atoms with Crippen molar-refractivity contribution in [2.24, 2.45) is 0 Å². The fourth-order valence-electron chi connectivity index (χ4n) is 3.89. The molecule has 1 saturated heterocycles. The van der Waals surface area contributed by atoms with E-state index in [4.69, 9.17) is 10.7 Å². The maximum absolute atomic E-state index is 12.0. The Morgan fingerprint density at radius 1 is 1.29 bits per heavy atom. The fourth-order valence-corrected chi connectivity index (χ4v) is 4.94. The van der Waals surface area contributed by atoms with Crippen LogP contribution in [0.15, 0.2) is 30.3 Å². The Labute approximate surface area is 168 Å². The first-order valence-corrected chi connectivity index (χ1v) is 10.5. The van der Waals surface area contributed by atoms with Crippen molar-refractivity contribution in [3.8, 4) is 0 Å². The second-order valence-electron chi connectivity index (χ2n) is 7.27. The van der Waals surface area contributed by atoms with Crippen LogP contribution in [-0.2, 0) is 6.54 Å². The molecular formula is C21H25N5OS. The lowest BCUT2D eigenvalue weighted by Gasteiger charge is -2.35. The molecule has 0 aromatic carbocycles. The van der Waals surface area contributed by atoms with Crippen LogP contribution in [0.25, 0.3) is 10.2 Å². The van der Waals surface area contributed by atoms with Gasteiger partial charge in [0.2, 0.25) is 0 Å². The minimum absolute atomic E-state index is 0.160. The van der Waals surface area contributed by atoms with E-state index in [1.807, 2.05) is 19.1 Å². The van der Waals surface area contributed by atoms with Crippen molar-refractivity contribution in [3.63, 3.8) is 0 Å². The van der Waals surface area contributed by atoms with Gasteiger partial charge in [-0.1, -0.05) is 12.5 Å². The number of aryl methyl sites for hydroxylation is 1. The molecule has 3 aromatic rings. The number of amides is 1. The molecule has 146 valence electrons. The van der Waals surface area contributed by atoms with Crippen LogP contribution in [0.1, 0.15) is 52.1 Å². The van der Waals surface area contributed by atoms with Crippen molar-refractivity contribution in [3.05, 3.63) is 52.3 Å². The molecule has 0 aliphatic carbocycles. The smallest absolute Gasteiger partial charge is 0.263 e. The quantitative estimate of drug-likeness (QED) is 0.704. The Morgan fingerprint density at radius 2 is 2.14 bits per heavy atom. The predicted molar refractivity (Wildman–Crippen MR) is 113 cm³/mol. The first-order valence-electron chi connectivity index (χ1n) is 9.64. The molecule has 0 radical (unpaired) electrons. The maximum atomic E-state index is 12.0. The number of aromatic nitrogens is 2. The molecule has 3 N–H and O–H groups in total. The van der Waals surface area contributed by atoms with Crippen molar-refractivity contribution in [1.82, 2.24) is 20.2 Å². The summed E-state index contributed by atoms with van der Waals surface area (Å²) in [5.41, 5.74) is 9.88. The van der Waals surface area contributed by atoms with E-state index < -0.39 is 0 Å². The highest BCUT2D eigenvalue weighted by Gasteiger charge is 2.26. The van der Waals surface area contributed by atoms with Crippen molar-refractivity contribution >= 4 is 33.1 Å². The molecule has 0 bridgehead atoms. The number of hydrogen-bond acceptors (Lipinski definition) is 6. The average molecular weight is 396 g/mol. The zero-order chi connectivity index (χ0) is 19.7. The largest absolute Gasteiger partial charge is 0.397 e. The number of nitrogens with one attached hydrogen (secondary N) is 1. The molecule has 1 aliphatic heterocycles. The zero-order valence-corrected chi connectivity index (χ0v) is 17.1. The van der Waals surface area contributed by atoms with Gasteiger partial charge < -0.3 is 11.1 Å². The lowest BCUT2D eigenvalue weighted by molar-refractivity contribution is 0.0968. The SMILES string of the molecule is CNC(=O)c1sc2nc(C3CCCCN3Cc3cccc(C)n3)ccc2c1N. The lowest BCUT2D eigenvalue weighted by Crippen LogP contribution is -2.33. The number of thiophene rings is 1. The van der Waals surface area contributed by atoms with Crippen LogP contribution in [0, 0.1) is 6.92 Å². The zero-order valence-electron chi connectivity index (χ0n) is 16.2. The second kappa shape index (κ2) is 7.85. The summed E-state index contributed by atoms with van der Waals surface area (Å²) >= 11 is 1.36. The Balaban J connectivity index is 1.65. The molecule has 1 aliphatic rings. The van der Waals surface area contributed by atoms with Gasteiger partial charge in [-0.3, -0.25) is 14.7 Å². The van der Waals surface area contributed by atoms with Gasteiger partial charge in [-0.05, 0) is 50.6 Å². The van der Waals surface area contributed by atoms with Crippen LogP contribution in [0.3, 0.4) is 0 Å². The molecular weight excluding hydrogens is 370 g/mol. The van der Waals surface area contributed by atoms with Crippen LogP contribution in [0.4, 0.5) is 5.69 Å². The number of carbonyl (C=O) groups excluding carboxylic acids is 1. The second-order valence-corrected chi connectivity index (χ2v) is 8.26. The Bertz CT molecular complexity index is 1020. The first-order chi connectivity index (χ1) is 13.6. The monoisotopic (exact) mass is 395 g/mol. The molecule has 6 nitrogen and oxygen atoms in total. The Kier molecular flexibility index (Phi) is 5.28. The van der Waals surface area contributed by atoms with Gasteiger partial charge in [0.15, 0.2) is 0 Å². The number of piperidine rings is 1. The maximum Gasteiger partial charge on any atom is 0.263 e. The highest BCUT2D eigenvalue weighted by Crippen LogP contribution is 2.36. The van der Waals surface area contributed by atoms with Crippen LogP contribution < -0.4 is 11.1 Å². The van der Waals surface area contributed by atoms with Crippen LogP contribution in [0.2, 0.25) is 0 Å². The third-order valence-corrected chi connectivity index (χ3v) is 6.43. The molecule has 4 rings (SSSR count). The number of nitrogens with two attached hydrogens (primary N) is 1. The molecule has 1 amide bonds. The van der Waals surface area contributed by atoms with E-state index in [-0.39, 0.29) is 11.9 Å². The van der Waals surface area contributed by atoms with E-state index in [1.54, 1.807) is 7.05 Å². The predicted octanol–water partition coefficient (Wildman–Crippen LogP) is 3.67. The summed E-state index contributed by atoms with van der Waals surface area (Å²) in [6.07, 6.45) is 3.46.